The molecule has 1 aliphatic heterocycles. The molecule has 30 heavy (non-hydrogen) atoms. The fourth-order valence-corrected chi connectivity index (χ4v) is 5.88. The van der Waals surface area contributed by atoms with E-state index in [0.29, 0.717) is 17.9 Å². The molecule has 0 bridgehead atoms. The van der Waals surface area contributed by atoms with Crippen LogP contribution in [0.25, 0.3) is 0 Å². The molecule has 0 aliphatic carbocycles. The molecule has 1 heterocycles. The summed E-state index contributed by atoms with van der Waals surface area (Å²) in [5.41, 5.74) is 3.13. The first-order valence-electron chi connectivity index (χ1n) is 10.1. The molecule has 0 radical (unpaired) electrons. The Balaban J connectivity index is 1.92. The fraction of sp³-hybridized carbons (Fsp3) is 0.409. The van der Waals surface area contributed by atoms with Gasteiger partial charge in [0.25, 0.3) is 10.0 Å². The third-order valence-electron chi connectivity index (χ3n) is 5.26. The Bertz CT molecular complexity index is 1050. The van der Waals surface area contributed by atoms with E-state index in [4.69, 9.17) is 0 Å². The van der Waals surface area contributed by atoms with E-state index >= 15 is 0 Å². The third kappa shape index (κ3) is 4.59. The molecule has 3 rings (SSSR count). The van der Waals surface area contributed by atoms with Gasteiger partial charge in [-0.3, -0.25) is 9.52 Å². The van der Waals surface area contributed by atoms with Crippen molar-refractivity contribution < 1.29 is 13.2 Å². The third-order valence-corrected chi connectivity index (χ3v) is 7.78. The van der Waals surface area contributed by atoms with Crippen LogP contribution in [0.3, 0.4) is 0 Å². The molecule has 1 atom stereocenters. The standard InChI is InChI=1S/C22H29N3O3S2/c1-6-24(7-2)18-8-10-20(15(3)12-18)23-30(27,28)19-9-11-22-21(13-19)25(17(5)26)14-16(4)29-22/h8-13,16,23H,6-7,14H2,1-5H3/t16-/m0/s1. The molecule has 0 saturated carbocycles. The van der Waals surface area contributed by atoms with Gasteiger partial charge in [0.2, 0.25) is 5.91 Å². The first-order chi connectivity index (χ1) is 14.2. The van der Waals surface area contributed by atoms with E-state index in [1.54, 1.807) is 40.9 Å². The van der Waals surface area contributed by atoms with Gasteiger partial charge in [0.1, 0.15) is 0 Å². The summed E-state index contributed by atoms with van der Waals surface area (Å²) in [5, 5.41) is 0.258. The highest BCUT2D eigenvalue weighted by Gasteiger charge is 2.27. The molecule has 1 aliphatic rings. The van der Waals surface area contributed by atoms with Gasteiger partial charge in [-0.15, -0.1) is 11.8 Å². The zero-order valence-electron chi connectivity index (χ0n) is 18.1. The second-order valence-corrected chi connectivity index (χ2v) is 10.6. The summed E-state index contributed by atoms with van der Waals surface area (Å²) < 4.78 is 28.9. The van der Waals surface area contributed by atoms with Crippen molar-refractivity contribution in [2.24, 2.45) is 0 Å². The maximum atomic E-state index is 13.1. The summed E-state index contributed by atoms with van der Waals surface area (Å²) in [6.45, 7) is 12.0. The number of hydrogen-bond donors (Lipinski definition) is 1. The summed E-state index contributed by atoms with van der Waals surface area (Å²) >= 11 is 1.65. The van der Waals surface area contributed by atoms with E-state index in [-0.39, 0.29) is 16.1 Å². The minimum atomic E-state index is -3.79. The van der Waals surface area contributed by atoms with Crippen LogP contribution in [-0.4, -0.2) is 39.2 Å². The molecular weight excluding hydrogens is 418 g/mol. The van der Waals surface area contributed by atoms with Crippen LogP contribution in [0, 0.1) is 6.92 Å². The van der Waals surface area contributed by atoms with Crippen molar-refractivity contribution >= 4 is 44.8 Å². The lowest BCUT2D eigenvalue weighted by atomic mass is 10.1. The van der Waals surface area contributed by atoms with Crippen molar-refractivity contribution in [1.29, 1.82) is 0 Å². The number of nitrogens with zero attached hydrogens (tertiary/aromatic N) is 2. The van der Waals surface area contributed by atoms with Crippen molar-refractivity contribution in [3.8, 4) is 0 Å². The van der Waals surface area contributed by atoms with Crippen molar-refractivity contribution in [1.82, 2.24) is 0 Å². The number of carbonyl (C=O) groups excluding carboxylic acids is 1. The first kappa shape index (κ1) is 22.5. The molecule has 2 aromatic carbocycles. The summed E-state index contributed by atoms with van der Waals surface area (Å²) in [6.07, 6.45) is 0. The normalized spacial score (nSPS) is 16.2. The van der Waals surface area contributed by atoms with Crippen LogP contribution >= 0.6 is 11.8 Å². The van der Waals surface area contributed by atoms with Crippen molar-refractivity contribution in [3.05, 3.63) is 42.0 Å². The topological polar surface area (TPSA) is 69.7 Å². The summed E-state index contributed by atoms with van der Waals surface area (Å²) in [5.74, 6) is -0.0891. The smallest absolute Gasteiger partial charge is 0.261 e. The number of aryl methyl sites for hydroxylation is 1. The van der Waals surface area contributed by atoms with Crippen LogP contribution in [0.4, 0.5) is 17.1 Å². The molecule has 0 spiro atoms. The highest BCUT2D eigenvalue weighted by Crippen LogP contribution is 2.40. The second-order valence-electron chi connectivity index (χ2n) is 7.46. The number of sulfonamides is 1. The van der Waals surface area contributed by atoms with E-state index in [1.807, 2.05) is 19.1 Å². The fourth-order valence-electron chi connectivity index (χ4n) is 3.63. The largest absolute Gasteiger partial charge is 0.372 e. The van der Waals surface area contributed by atoms with Gasteiger partial charge >= 0.3 is 0 Å². The Hall–Kier alpha value is -2.19. The Labute approximate surface area is 183 Å². The van der Waals surface area contributed by atoms with Crippen molar-refractivity contribution in [2.45, 2.75) is 49.7 Å². The minimum Gasteiger partial charge on any atom is -0.372 e. The molecule has 6 nitrogen and oxygen atoms in total. The van der Waals surface area contributed by atoms with E-state index in [9.17, 15) is 13.2 Å². The molecule has 0 unspecified atom stereocenters. The van der Waals surface area contributed by atoms with Gasteiger partial charge < -0.3 is 9.80 Å². The Morgan fingerprint density at radius 2 is 1.90 bits per heavy atom. The number of benzene rings is 2. The summed E-state index contributed by atoms with van der Waals surface area (Å²) in [6, 6.07) is 10.7. The van der Waals surface area contributed by atoms with Crippen molar-refractivity contribution in [2.75, 3.05) is 34.2 Å². The predicted octanol–water partition coefficient (Wildman–Crippen LogP) is 4.49. The molecule has 0 aromatic heterocycles. The van der Waals surface area contributed by atoms with Crippen LogP contribution in [0.5, 0.6) is 0 Å². The number of thioether (sulfide) groups is 1. The summed E-state index contributed by atoms with van der Waals surface area (Å²) in [7, 11) is -3.79. The quantitative estimate of drug-likeness (QED) is 0.707. The van der Waals surface area contributed by atoms with Gasteiger partial charge in [-0.2, -0.15) is 0 Å². The lowest BCUT2D eigenvalue weighted by molar-refractivity contribution is -0.116. The number of rotatable bonds is 6. The number of nitrogens with one attached hydrogen (secondary N) is 1. The van der Waals surface area contributed by atoms with Crippen LogP contribution in [0.15, 0.2) is 46.2 Å². The lowest BCUT2D eigenvalue weighted by Gasteiger charge is -2.32. The number of carbonyl (C=O) groups is 1. The van der Waals surface area contributed by atoms with E-state index in [1.165, 1.54) is 6.92 Å². The lowest BCUT2D eigenvalue weighted by Crippen LogP contribution is -2.37. The SMILES string of the molecule is CCN(CC)c1ccc(NS(=O)(=O)c2ccc3c(c2)N(C(C)=O)C[C@H](C)S3)c(C)c1. The number of fused-ring (bicyclic) bond motifs is 1. The monoisotopic (exact) mass is 447 g/mol. The minimum absolute atomic E-state index is 0.0891. The van der Waals surface area contributed by atoms with Gasteiger partial charge in [0, 0.05) is 42.4 Å². The van der Waals surface area contributed by atoms with Gasteiger partial charge in [-0.05, 0) is 62.7 Å². The van der Waals surface area contributed by atoms with Gasteiger partial charge in [0.05, 0.1) is 16.3 Å². The molecule has 8 heteroatoms. The van der Waals surface area contributed by atoms with Crippen LogP contribution < -0.4 is 14.5 Å². The average Bonchev–Trinajstić information content (AvgIpc) is 2.69. The van der Waals surface area contributed by atoms with Gasteiger partial charge in [0.15, 0.2) is 0 Å². The zero-order chi connectivity index (χ0) is 22.1. The second kappa shape index (κ2) is 8.89. The number of amides is 1. The van der Waals surface area contributed by atoms with Crippen LogP contribution in [0.2, 0.25) is 0 Å². The molecule has 0 saturated heterocycles. The average molecular weight is 448 g/mol. The van der Waals surface area contributed by atoms with Crippen LogP contribution in [-0.2, 0) is 14.8 Å². The van der Waals surface area contributed by atoms with E-state index in [0.717, 1.165) is 29.2 Å². The Kier molecular flexibility index (Phi) is 6.67. The van der Waals surface area contributed by atoms with E-state index < -0.39 is 10.0 Å². The highest BCUT2D eigenvalue weighted by atomic mass is 32.2. The summed E-state index contributed by atoms with van der Waals surface area (Å²) in [4.78, 5) is 17.0. The van der Waals surface area contributed by atoms with Crippen molar-refractivity contribution in [3.63, 3.8) is 0 Å². The van der Waals surface area contributed by atoms with Gasteiger partial charge in [-0.1, -0.05) is 6.92 Å². The molecule has 1 amide bonds. The molecule has 1 N–H and O–H groups in total. The Morgan fingerprint density at radius 1 is 1.20 bits per heavy atom. The molecule has 2 aromatic rings. The predicted molar refractivity (Wildman–Crippen MR) is 125 cm³/mol. The molecule has 0 fully saturated rings. The van der Waals surface area contributed by atoms with E-state index in [2.05, 4.69) is 30.4 Å². The van der Waals surface area contributed by atoms with Crippen LogP contribution in [0.1, 0.15) is 33.3 Å². The highest BCUT2D eigenvalue weighted by molar-refractivity contribution is 8.00. The first-order valence-corrected chi connectivity index (χ1v) is 12.5. The zero-order valence-corrected chi connectivity index (χ0v) is 19.7. The van der Waals surface area contributed by atoms with Gasteiger partial charge in [-0.25, -0.2) is 8.42 Å². The Morgan fingerprint density at radius 3 is 2.50 bits per heavy atom. The maximum Gasteiger partial charge on any atom is 0.261 e. The molecule has 162 valence electrons. The molecular formula is C22H29N3O3S2. The number of anilines is 3. The number of hydrogen-bond acceptors (Lipinski definition) is 5. The maximum absolute atomic E-state index is 13.1.